The van der Waals surface area contributed by atoms with Crippen LogP contribution in [0.3, 0.4) is 0 Å². The lowest BCUT2D eigenvalue weighted by Gasteiger charge is -2.30. The van der Waals surface area contributed by atoms with Crippen molar-refractivity contribution in [2.75, 3.05) is 25.0 Å². The van der Waals surface area contributed by atoms with E-state index in [1.54, 1.807) is 17.7 Å². The van der Waals surface area contributed by atoms with E-state index >= 15 is 0 Å². The van der Waals surface area contributed by atoms with Crippen LogP contribution in [0.5, 0.6) is 0 Å². The summed E-state index contributed by atoms with van der Waals surface area (Å²) in [6, 6.07) is 9.35. The minimum absolute atomic E-state index is 0.0214. The number of hydrogen-bond donors (Lipinski definition) is 2. The predicted octanol–water partition coefficient (Wildman–Crippen LogP) is 3.32. The van der Waals surface area contributed by atoms with Gasteiger partial charge >= 0.3 is 0 Å². The van der Waals surface area contributed by atoms with E-state index < -0.39 is 0 Å². The molecule has 3 rings (SSSR count). The van der Waals surface area contributed by atoms with Crippen molar-refractivity contribution >= 4 is 40.7 Å². The van der Waals surface area contributed by atoms with Gasteiger partial charge in [0.15, 0.2) is 0 Å². The topological polar surface area (TPSA) is 80.4 Å². The third kappa shape index (κ3) is 4.87. The van der Waals surface area contributed by atoms with Crippen LogP contribution in [0.1, 0.15) is 28.9 Å². The first-order valence-corrected chi connectivity index (χ1v) is 10.0. The number of nitrogens with one attached hydrogen (secondary N) is 1. The number of amides is 2. The Kier molecular flexibility index (Phi) is 6.65. The van der Waals surface area contributed by atoms with Gasteiger partial charge in [-0.1, -0.05) is 35.3 Å². The van der Waals surface area contributed by atoms with Gasteiger partial charge < -0.3 is 20.5 Å². The molecule has 2 heterocycles. The first-order chi connectivity index (χ1) is 13.3. The van der Waals surface area contributed by atoms with Crippen LogP contribution in [0.2, 0.25) is 10.2 Å². The van der Waals surface area contributed by atoms with Gasteiger partial charge in [-0.05, 0) is 56.1 Å². The van der Waals surface area contributed by atoms with Crippen molar-refractivity contribution in [3.63, 3.8) is 0 Å². The van der Waals surface area contributed by atoms with Crippen LogP contribution in [0.25, 0.3) is 0 Å². The summed E-state index contributed by atoms with van der Waals surface area (Å²) in [7, 11) is 1.69. The Morgan fingerprint density at radius 2 is 1.82 bits per heavy atom. The molecule has 3 N–H and O–H groups in total. The van der Waals surface area contributed by atoms with Gasteiger partial charge in [-0.15, -0.1) is 0 Å². The zero-order chi connectivity index (χ0) is 20.3. The second kappa shape index (κ2) is 8.99. The van der Waals surface area contributed by atoms with Gasteiger partial charge in [0.25, 0.3) is 5.91 Å². The quantitative estimate of drug-likeness (QED) is 0.748. The Balaban J connectivity index is 1.50. The molecule has 2 aromatic rings. The van der Waals surface area contributed by atoms with Crippen molar-refractivity contribution in [2.24, 2.45) is 18.7 Å². The molecular formula is C20H24Cl2N4O2. The van der Waals surface area contributed by atoms with Gasteiger partial charge in [0.05, 0.1) is 5.02 Å². The molecule has 2 amide bonds. The molecule has 0 atom stereocenters. The number of anilines is 1. The maximum absolute atomic E-state index is 12.4. The highest BCUT2D eigenvalue weighted by Gasteiger charge is 2.22. The molecule has 1 aliphatic heterocycles. The molecule has 0 bridgehead atoms. The maximum Gasteiger partial charge on any atom is 0.272 e. The van der Waals surface area contributed by atoms with Crippen molar-refractivity contribution in [3.05, 3.63) is 51.8 Å². The molecular weight excluding hydrogens is 399 g/mol. The maximum atomic E-state index is 12.4. The highest BCUT2D eigenvalue weighted by molar-refractivity contribution is 6.42. The molecule has 0 saturated carbocycles. The van der Waals surface area contributed by atoms with Crippen molar-refractivity contribution < 1.29 is 9.59 Å². The lowest BCUT2D eigenvalue weighted by Crippen LogP contribution is -2.39. The van der Waals surface area contributed by atoms with E-state index in [0.717, 1.165) is 38.9 Å². The molecule has 1 saturated heterocycles. The van der Waals surface area contributed by atoms with Crippen LogP contribution in [0.15, 0.2) is 30.3 Å². The monoisotopic (exact) mass is 422 g/mol. The molecule has 6 nitrogen and oxygen atoms in total. The third-order valence-corrected chi connectivity index (χ3v) is 6.11. The molecule has 8 heteroatoms. The van der Waals surface area contributed by atoms with Crippen LogP contribution >= 0.6 is 23.2 Å². The minimum Gasteiger partial charge on any atom is -0.369 e. The number of carbonyl (C=O) groups is 2. The molecule has 0 unspecified atom stereocenters. The molecule has 28 heavy (non-hydrogen) atoms. The van der Waals surface area contributed by atoms with E-state index in [-0.39, 0.29) is 17.7 Å². The molecule has 0 aliphatic carbocycles. The van der Waals surface area contributed by atoms with Gasteiger partial charge in [-0.3, -0.25) is 9.59 Å². The van der Waals surface area contributed by atoms with E-state index in [1.807, 2.05) is 24.3 Å². The Morgan fingerprint density at radius 1 is 1.18 bits per heavy atom. The van der Waals surface area contributed by atoms with E-state index in [2.05, 4.69) is 10.2 Å². The van der Waals surface area contributed by atoms with Crippen molar-refractivity contribution in [1.82, 2.24) is 9.47 Å². The summed E-state index contributed by atoms with van der Waals surface area (Å²) in [6.07, 6.45) is 2.60. The molecule has 0 spiro atoms. The molecule has 1 fully saturated rings. The van der Waals surface area contributed by atoms with Crippen molar-refractivity contribution in [3.8, 4) is 0 Å². The van der Waals surface area contributed by atoms with Crippen molar-refractivity contribution in [1.29, 1.82) is 0 Å². The Morgan fingerprint density at radius 3 is 2.36 bits per heavy atom. The molecule has 1 aromatic heterocycles. The highest BCUT2D eigenvalue weighted by atomic mass is 35.5. The summed E-state index contributed by atoms with van der Waals surface area (Å²) < 4.78 is 1.55. The number of carbonyl (C=O) groups excluding carboxylic acids is 2. The van der Waals surface area contributed by atoms with Crippen LogP contribution in [-0.2, 0) is 18.3 Å². The summed E-state index contributed by atoms with van der Waals surface area (Å²) in [4.78, 5) is 26.0. The molecule has 150 valence electrons. The zero-order valence-electron chi connectivity index (χ0n) is 15.8. The normalized spacial score (nSPS) is 15.5. The van der Waals surface area contributed by atoms with Gasteiger partial charge in [0, 0.05) is 25.2 Å². The number of benzene rings is 1. The SMILES string of the molecule is Cn1c(C(=O)Nc2ccc(CCN3CCC(C(N)=O)CC3)cc2)cc(Cl)c1Cl. The standard InChI is InChI=1S/C20H24Cl2N4O2/c1-25-17(12-16(21)18(25)22)20(28)24-15-4-2-13(3-5-15)6-9-26-10-7-14(8-11-26)19(23)27/h2-5,12,14H,6-11H2,1H3,(H2,23,27)(H,24,28). The van der Waals surface area contributed by atoms with Gasteiger partial charge in [0.2, 0.25) is 5.91 Å². The second-order valence-corrected chi connectivity index (χ2v) is 7.91. The number of likely N-dealkylation sites (tertiary alicyclic amines) is 1. The number of primary amides is 1. The zero-order valence-corrected chi connectivity index (χ0v) is 17.3. The van der Waals surface area contributed by atoms with E-state index in [1.165, 1.54) is 5.56 Å². The van der Waals surface area contributed by atoms with Gasteiger partial charge in [0.1, 0.15) is 10.8 Å². The first kappa shape index (κ1) is 20.7. The lowest BCUT2D eigenvalue weighted by molar-refractivity contribution is -0.123. The largest absolute Gasteiger partial charge is 0.369 e. The van der Waals surface area contributed by atoms with E-state index in [0.29, 0.717) is 21.6 Å². The third-order valence-electron chi connectivity index (χ3n) is 5.27. The number of aromatic nitrogens is 1. The summed E-state index contributed by atoms with van der Waals surface area (Å²) >= 11 is 12.0. The smallest absolute Gasteiger partial charge is 0.272 e. The summed E-state index contributed by atoms with van der Waals surface area (Å²) in [5, 5.41) is 3.54. The summed E-state index contributed by atoms with van der Waals surface area (Å²) in [5.41, 5.74) is 7.69. The number of halogens is 2. The Hall–Kier alpha value is -2.02. The van der Waals surface area contributed by atoms with Crippen LogP contribution in [0, 0.1) is 5.92 Å². The molecule has 0 radical (unpaired) electrons. The van der Waals surface area contributed by atoms with Crippen LogP contribution < -0.4 is 11.1 Å². The van der Waals surface area contributed by atoms with Gasteiger partial charge in [-0.25, -0.2) is 0 Å². The predicted molar refractivity (Wildman–Crippen MR) is 112 cm³/mol. The van der Waals surface area contributed by atoms with Gasteiger partial charge in [-0.2, -0.15) is 0 Å². The van der Waals surface area contributed by atoms with E-state index in [4.69, 9.17) is 28.9 Å². The molecule has 1 aromatic carbocycles. The van der Waals surface area contributed by atoms with E-state index in [9.17, 15) is 9.59 Å². The Bertz CT molecular complexity index is 856. The minimum atomic E-state index is -0.263. The fourth-order valence-corrected chi connectivity index (χ4v) is 3.81. The fourth-order valence-electron chi connectivity index (χ4n) is 3.44. The number of nitrogens with zero attached hydrogens (tertiary/aromatic N) is 2. The lowest BCUT2D eigenvalue weighted by atomic mass is 9.96. The molecule has 1 aliphatic rings. The summed E-state index contributed by atoms with van der Waals surface area (Å²) in [5.74, 6) is -0.424. The second-order valence-electron chi connectivity index (χ2n) is 7.15. The Labute approximate surface area is 174 Å². The number of nitrogens with two attached hydrogens (primary N) is 1. The number of rotatable bonds is 6. The highest BCUT2D eigenvalue weighted by Crippen LogP contribution is 2.25. The van der Waals surface area contributed by atoms with Crippen LogP contribution in [0.4, 0.5) is 5.69 Å². The fraction of sp³-hybridized carbons (Fsp3) is 0.400. The number of hydrogen-bond acceptors (Lipinski definition) is 3. The van der Waals surface area contributed by atoms with Crippen molar-refractivity contribution in [2.45, 2.75) is 19.3 Å². The first-order valence-electron chi connectivity index (χ1n) is 9.28. The van der Waals surface area contributed by atoms with Crippen LogP contribution in [-0.4, -0.2) is 40.9 Å². The average molecular weight is 423 g/mol. The summed E-state index contributed by atoms with van der Waals surface area (Å²) in [6.45, 7) is 2.75. The average Bonchev–Trinajstić information content (AvgIpc) is 2.95. The number of piperidine rings is 1.